The highest BCUT2D eigenvalue weighted by Crippen LogP contribution is 2.79. The summed E-state index contributed by atoms with van der Waals surface area (Å²) in [6.45, 7) is 2.05. The fraction of sp³-hybridized carbons (Fsp3) is 0.250. The van der Waals surface area contributed by atoms with Gasteiger partial charge in [0.2, 0.25) is 0 Å². The minimum Gasteiger partial charge on any atom is -0.413 e. The molecule has 18 heteroatoms. The van der Waals surface area contributed by atoms with Gasteiger partial charge in [0.05, 0.1) is 0 Å². The Labute approximate surface area is 387 Å². The third-order valence-corrected chi connectivity index (χ3v) is 18.3. The highest BCUT2D eigenvalue weighted by Gasteiger charge is 2.50. The van der Waals surface area contributed by atoms with Crippen molar-refractivity contribution in [3.8, 4) is 34.5 Å². The Kier molecular flexibility index (Phi) is 17.2. The van der Waals surface area contributed by atoms with E-state index >= 15 is 0 Å². The van der Waals surface area contributed by atoms with Crippen molar-refractivity contribution in [2.75, 3.05) is 39.3 Å². The van der Waals surface area contributed by atoms with E-state index in [0.29, 0.717) is 112 Å². The molecule has 0 unspecified atom stereocenters. The molecule has 0 saturated carbocycles. The van der Waals surface area contributed by atoms with Crippen LogP contribution in [0.4, 0.5) is 0 Å². The van der Waals surface area contributed by atoms with Crippen LogP contribution in [-0.2, 0) is 38.5 Å². The van der Waals surface area contributed by atoms with E-state index < -0.39 is 23.0 Å². The van der Waals surface area contributed by atoms with Gasteiger partial charge in [-0.15, -0.1) is 0 Å². The van der Waals surface area contributed by atoms with Crippen molar-refractivity contribution >= 4 is 23.0 Å². The number of benzene rings is 6. The summed E-state index contributed by atoms with van der Waals surface area (Å²) in [4.78, 5) is 0. The SMILES string of the molecule is NCCc1ccccc1OP1(Oc2ccccc2CCN)=NP(Oc2ccccc2CCN)(Oc2ccccc2CCN)=NP(Oc2ccccc2CCN)(Oc2ccccc2CCN)=N1. The molecule has 348 valence electrons. The lowest BCUT2D eigenvalue weighted by Gasteiger charge is -2.34. The molecule has 0 saturated heterocycles. The first-order valence-electron chi connectivity index (χ1n) is 22.1. The fourth-order valence-corrected chi connectivity index (χ4v) is 16.5. The van der Waals surface area contributed by atoms with Gasteiger partial charge in [-0.25, -0.2) is 0 Å². The van der Waals surface area contributed by atoms with E-state index in [1.807, 2.05) is 146 Å². The third-order valence-electron chi connectivity index (χ3n) is 10.3. The van der Waals surface area contributed by atoms with E-state index in [9.17, 15) is 0 Å². The minimum absolute atomic E-state index is 0.341. The van der Waals surface area contributed by atoms with Gasteiger partial charge >= 0.3 is 23.0 Å². The lowest BCUT2D eigenvalue weighted by molar-refractivity contribution is 0.437. The smallest absolute Gasteiger partial charge is 0.413 e. The van der Waals surface area contributed by atoms with Gasteiger partial charge in [0.15, 0.2) is 0 Å². The molecule has 1 heterocycles. The number of rotatable bonds is 24. The average molecular weight is 952 g/mol. The van der Waals surface area contributed by atoms with Crippen molar-refractivity contribution in [2.45, 2.75) is 38.5 Å². The van der Waals surface area contributed by atoms with E-state index in [-0.39, 0.29) is 0 Å². The molecule has 7 rings (SSSR count). The second-order valence-electron chi connectivity index (χ2n) is 15.2. The summed E-state index contributed by atoms with van der Waals surface area (Å²) in [7, 11) is -12.8. The Hall–Kier alpha value is -5.43. The van der Waals surface area contributed by atoms with Gasteiger partial charge in [-0.3, -0.25) is 0 Å². The van der Waals surface area contributed by atoms with Crippen LogP contribution in [0.25, 0.3) is 0 Å². The van der Waals surface area contributed by atoms with Crippen LogP contribution in [0, 0.1) is 0 Å². The summed E-state index contributed by atoms with van der Waals surface area (Å²) >= 11 is 0. The molecule has 12 N–H and O–H groups in total. The van der Waals surface area contributed by atoms with E-state index in [1.54, 1.807) is 0 Å². The quantitative estimate of drug-likeness (QED) is 0.0311. The lowest BCUT2D eigenvalue weighted by Crippen LogP contribution is -2.14. The van der Waals surface area contributed by atoms with E-state index in [1.165, 1.54) is 0 Å². The summed E-state index contributed by atoms with van der Waals surface area (Å²) < 4.78 is 60.4. The van der Waals surface area contributed by atoms with Gasteiger partial charge in [0.25, 0.3) is 0 Å². The molecular formula is C48H60N9O6P3. The van der Waals surface area contributed by atoms with Crippen LogP contribution in [0.1, 0.15) is 33.4 Å². The lowest BCUT2D eigenvalue weighted by atomic mass is 10.1. The summed E-state index contributed by atoms with van der Waals surface area (Å²) in [5.41, 5.74) is 42.0. The first-order chi connectivity index (χ1) is 32.3. The monoisotopic (exact) mass is 951 g/mol. The Balaban J connectivity index is 1.67. The number of hydrogen-bond acceptors (Lipinski definition) is 15. The maximum atomic E-state index is 7.30. The molecule has 0 bridgehead atoms. The van der Waals surface area contributed by atoms with Crippen molar-refractivity contribution in [1.29, 1.82) is 0 Å². The van der Waals surface area contributed by atoms with E-state index in [0.717, 1.165) is 33.4 Å². The molecule has 0 fully saturated rings. The van der Waals surface area contributed by atoms with E-state index in [2.05, 4.69) is 0 Å². The molecule has 6 aromatic carbocycles. The summed E-state index contributed by atoms with van der Waals surface area (Å²) in [5, 5.41) is 0. The van der Waals surface area contributed by atoms with Gasteiger partial charge in [0, 0.05) is 0 Å². The summed E-state index contributed by atoms with van der Waals surface area (Å²) in [6.07, 6.45) is 2.85. The van der Waals surface area contributed by atoms with Gasteiger partial charge in [-0.05, 0) is 148 Å². The minimum atomic E-state index is -4.27. The first-order valence-corrected chi connectivity index (χ1v) is 26.6. The second kappa shape index (κ2) is 23.3. The molecular weight excluding hydrogens is 892 g/mol. The Morgan fingerprint density at radius 2 is 0.409 bits per heavy atom. The molecule has 6 aromatic rings. The van der Waals surface area contributed by atoms with Gasteiger partial charge < -0.3 is 61.5 Å². The van der Waals surface area contributed by atoms with Crippen molar-refractivity contribution in [1.82, 2.24) is 0 Å². The molecule has 15 nitrogen and oxygen atoms in total. The Morgan fingerprint density at radius 3 is 0.561 bits per heavy atom. The molecule has 1 aliphatic rings. The summed E-state index contributed by atoms with van der Waals surface area (Å²) in [5.74, 6) is 2.57. The van der Waals surface area contributed by atoms with Gasteiger partial charge in [-0.2, -0.15) is 0 Å². The largest absolute Gasteiger partial charge is 0.460 e. The Bertz CT molecular complexity index is 2260. The number of para-hydroxylation sites is 6. The summed E-state index contributed by atoms with van der Waals surface area (Å²) in [6, 6.07) is 45.4. The van der Waals surface area contributed by atoms with Crippen LogP contribution in [0.5, 0.6) is 34.5 Å². The fourth-order valence-electron chi connectivity index (χ4n) is 7.26. The maximum absolute atomic E-state index is 7.30. The number of nitrogens with two attached hydrogens (primary N) is 6. The Morgan fingerprint density at radius 1 is 0.258 bits per heavy atom. The molecule has 0 atom stereocenters. The first kappa shape index (κ1) is 48.5. The highest BCUT2D eigenvalue weighted by molar-refractivity contribution is 7.79. The topological polar surface area (TPSA) is 249 Å². The standard InChI is InChI=1S/C48H60N9O6P3/c49-31-25-37-13-1-7-19-43(37)58-64(59-44-20-8-2-14-38(44)26-32-50)55-65(60-45-21-9-3-15-39(45)27-33-51,61-46-22-10-4-16-40(46)28-34-52)57-66(56-64,62-47-23-11-5-17-41(47)29-35-53)63-48-24-12-6-18-42(48)30-36-54/h1-24H,25-36,49-54H2. The zero-order valence-corrected chi connectivity index (χ0v) is 39.6. The van der Waals surface area contributed by atoms with Crippen LogP contribution in [-0.4, -0.2) is 39.3 Å². The van der Waals surface area contributed by atoms with Crippen molar-refractivity contribution in [2.24, 2.45) is 47.9 Å². The number of nitrogens with zero attached hydrogens (tertiary/aromatic N) is 3. The molecule has 66 heavy (non-hydrogen) atoms. The van der Waals surface area contributed by atoms with Crippen molar-refractivity contribution < 1.29 is 27.1 Å². The average Bonchev–Trinajstić information content (AvgIpc) is 3.31. The van der Waals surface area contributed by atoms with Crippen LogP contribution in [0.2, 0.25) is 0 Å². The predicted octanol–water partition coefficient (Wildman–Crippen LogP) is 9.32. The number of hydrogen-bond donors (Lipinski definition) is 6. The van der Waals surface area contributed by atoms with Crippen molar-refractivity contribution in [3.05, 3.63) is 179 Å². The highest BCUT2D eigenvalue weighted by atomic mass is 31.3. The van der Waals surface area contributed by atoms with Crippen LogP contribution < -0.4 is 61.5 Å². The molecule has 0 amide bonds. The maximum Gasteiger partial charge on any atom is 0.460 e. The third kappa shape index (κ3) is 12.1. The second-order valence-corrected chi connectivity index (χ2v) is 21.4. The normalized spacial score (nSPS) is 14.5. The molecule has 0 radical (unpaired) electrons. The molecule has 0 aliphatic carbocycles. The van der Waals surface area contributed by atoms with Crippen LogP contribution in [0.15, 0.2) is 159 Å². The molecule has 0 spiro atoms. The predicted molar refractivity (Wildman–Crippen MR) is 267 cm³/mol. The van der Waals surface area contributed by atoms with Crippen LogP contribution >= 0.6 is 23.0 Å². The van der Waals surface area contributed by atoms with Gasteiger partial charge in [0.1, 0.15) is 34.5 Å². The zero-order valence-electron chi connectivity index (χ0n) is 36.9. The van der Waals surface area contributed by atoms with Crippen LogP contribution in [0.3, 0.4) is 0 Å². The molecule has 0 aromatic heterocycles. The van der Waals surface area contributed by atoms with Gasteiger partial charge in [-0.1, -0.05) is 123 Å². The van der Waals surface area contributed by atoms with Crippen molar-refractivity contribution in [3.63, 3.8) is 0 Å². The van der Waals surface area contributed by atoms with E-state index in [4.69, 9.17) is 75.1 Å². The molecule has 1 aliphatic heterocycles. The zero-order chi connectivity index (χ0) is 46.2.